The first-order chi connectivity index (χ1) is 22.3. The van der Waals surface area contributed by atoms with Gasteiger partial charge in [-0.05, 0) is 97.2 Å². The molecule has 6 rings (SSSR count). The van der Waals surface area contributed by atoms with Gasteiger partial charge in [0.15, 0.2) is 0 Å². The van der Waals surface area contributed by atoms with Gasteiger partial charge < -0.3 is 15.0 Å². The minimum Gasteiger partial charge on any atom is -0.487 e. The molecule has 1 spiro atoms. The average Bonchev–Trinajstić information content (AvgIpc) is 3.87. The summed E-state index contributed by atoms with van der Waals surface area (Å²) in [6.07, 6.45) is 6.07. The smallest absolute Gasteiger partial charge is 0.251 e. The molecule has 0 aromatic heterocycles. The van der Waals surface area contributed by atoms with Crippen LogP contribution in [0.1, 0.15) is 91.5 Å². The van der Waals surface area contributed by atoms with E-state index in [-0.39, 0.29) is 24.4 Å². The van der Waals surface area contributed by atoms with Crippen LogP contribution < -0.4 is 15.4 Å². The summed E-state index contributed by atoms with van der Waals surface area (Å²) >= 11 is 6.76. The molecule has 242 valence electrons. The number of nitrogens with zero attached hydrogens (tertiary/aromatic N) is 2. The first kappa shape index (κ1) is 32.2. The lowest BCUT2D eigenvalue weighted by Crippen LogP contribution is -2.56. The zero-order valence-corrected chi connectivity index (χ0v) is 27.4. The first-order valence-corrected chi connectivity index (χ1v) is 17.0. The molecule has 2 unspecified atom stereocenters. The van der Waals surface area contributed by atoms with Gasteiger partial charge in [0.2, 0.25) is 5.91 Å². The van der Waals surface area contributed by atoms with E-state index in [1.807, 2.05) is 72.8 Å². The minimum atomic E-state index is -0.509. The summed E-state index contributed by atoms with van der Waals surface area (Å²) in [5, 5.41) is 10.5. The van der Waals surface area contributed by atoms with Gasteiger partial charge in [-0.1, -0.05) is 74.0 Å². The Balaban J connectivity index is 1.28. The van der Waals surface area contributed by atoms with Crippen LogP contribution in [-0.4, -0.2) is 35.5 Å². The third kappa shape index (κ3) is 6.83. The van der Waals surface area contributed by atoms with Crippen molar-refractivity contribution in [3.8, 4) is 5.75 Å². The molecule has 0 radical (unpaired) electrons. The quantitative estimate of drug-likeness (QED) is 0.138. The molecule has 3 aliphatic rings. The molecule has 3 N–H and O–H groups in total. The summed E-state index contributed by atoms with van der Waals surface area (Å²) in [6.45, 7) is 5.60. The van der Waals surface area contributed by atoms with Crippen molar-refractivity contribution in [2.45, 2.75) is 76.7 Å². The van der Waals surface area contributed by atoms with Crippen LogP contribution in [0.3, 0.4) is 0 Å². The van der Waals surface area contributed by atoms with Gasteiger partial charge in [0.05, 0.1) is 23.3 Å². The van der Waals surface area contributed by atoms with Crippen LogP contribution in [0, 0.1) is 23.3 Å². The lowest BCUT2D eigenvalue weighted by Gasteiger charge is -2.47. The summed E-state index contributed by atoms with van der Waals surface area (Å²) in [5.41, 5.74) is 10.0. The lowest BCUT2D eigenvalue weighted by atomic mass is 9.75. The van der Waals surface area contributed by atoms with E-state index in [0.717, 1.165) is 55.2 Å². The van der Waals surface area contributed by atoms with E-state index in [4.69, 9.17) is 21.9 Å². The Hall–Kier alpha value is -3.75. The van der Waals surface area contributed by atoms with E-state index < -0.39 is 11.7 Å². The second kappa shape index (κ2) is 13.9. The molecule has 3 aromatic rings. The lowest BCUT2D eigenvalue weighted by molar-refractivity contribution is -0.137. The summed E-state index contributed by atoms with van der Waals surface area (Å²) < 4.78 is 6.03. The topological polar surface area (TPSA) is 107 Å². The van der Waals surface area contributed by atoms with Gasteiger partial charge >= 0.3 is 0 Å². The normalized spacial score (nSPS) is 23.5. The third-order valence-electron chi connectivity index (χ3n) is 10.1. The molecule has 0 bridgehead atoms. The van der Waals surface area contributed by atoms with Crippen molar-refractivity contribution < 1.29 is 14.3 Å². The Bertz CT molecular complexity index is 1530. The van der Waals surface area contributed by atoms with Gasteiger partial charge in [-0.2, -0.15) is 5.11 Å². The monoisotopic (exact) mass is 641 g/mol. The highest BCUT2D eigenvalue weighted by Gasteiger charge is 2.57. The number of halogens is 1. The molecular weight excluding hydrogens is 598 g/mol. The largest absolute Gasteiger partial charge is 0.487 e. The number of ether oxygens (including phenoxy) is 1. The van der Waals surface area contributed by atoms with E-state index in [0.29, 0.717) is 47.2 Å². The Kier molecular flexibility index (Phi) is 9.76. The van der Waals surface area contributed by atoms with Gasteiger partial charge in [0.1, 0.15) is 18.4 Å². The Morgan fingerprint density at radius 2 is 1.76 bits per heavy atom. The van der Waals surface area contributed by atoms with Crippen LogP contribution in [0.15, 0.2) is 77.9 Å². The highest BCUT2D eigenvalue weighted by atomic mass is 35.5. The van der Waals surface area contributed by atoms with Crippen molar-refractivity contribution in [1.82, 2.24) is 15.5 Å². The molecule has 8 nitrogen and oxygen atoms in total. The van der Waals surface area contributed by atoms with Gasteiger partial charge in [-0.25, -0.2) is 5.53 Å². The molecule has 1 heterocycles. The summed E-state index contributed by atoms with van der Waals surface area (Å²) in [6, 6.07) is 22.8. The van der Waals surface area contributed by atoms with Crippen LogP contribution in [0.4, 0.5) is 0 Å². The number of amides is 2. The number of hydrogen-bond donors (Lipinski definition) is 3. The molecule has 1 aliphatic heterocycles. The van der Waals surface area contributed by atoms with Gasteiger partial charge in [-0.15, -0.1) is 0 Å². The maximum atomic E-state index is 14.7. The number of carbonyl (C=O) groups is 2. The van der Waals surface area contributed by atoms with E-state index in [2.05, 4.69) is 34.5 Å². The highest BCUT2D eigenvalue weighted by Crippen LogP contribution is 2.53. The van der Waals surface area contributed by atoms with Crippen molar-refractivity contribution in [3.05, 3.63) is 100 Å². The number of rotatable bonds is 12. The highest BCUT2D eigenvalue weighted by molar-refractivity contribution is 6.32. The van der Waals surface area contributed by atoms with Gasteiger partial charge in [0.25, 0.3) is 5.91 Å². The fourth-order valence-electron chi connectivity index (χ4n) is 7.30. The van der Waals surface area contributed by atoms with E-state index in [1.54, 1.807) is 0 Å². The predicted octanol–water partition coefficient (Wildman–Crippen LogP) is 7.85. The standard InChI is InChI=1S/C37H44ClN5O3/c1-24(2)26-16-18-37(19-17-26)42-33(30-14-15-32(31(38)22-30)46-23-25-6-4-3-5-7-25)36(45)43(37)34(27-8-9-27)28-10-12-29(13-11-28)35(44)40-20-21-41-39/h3-7,10-15,22,24,26-27,33-34,39,42H,8-9,16-21,23H2,1-2H3,(H,40,44). The SMILES string of the molecule is CC(C)C1CCC2(CC1)NC(c1ccc(OCc3ccccc3)c(Cl)c1)C(=O)N2C(c1ccc(C(=O)NCCN=N)cc1)C1CC1. The molecule has 2 atom stereocenters. The number of hydrogen-bond acceptors (Lipinski definition) is 6. The molecule has 2 saturated carbocycles. The minimum absolute atomic E-state index is 0.0786. The van der Waals surface area contributed by atoms with Crippen LogP contribution in [0.25, 0.3) is 0 Å². The molecule has 3 aromatic carbocycles. The number of nitrogens with one attached hydrogen (secondary N) is 3. The van der Waals surface area contributed by atoms with E-state index >= 15 is 0 Å². The van der Waals surface area contributed by atoms with Crippen molar-refractivity contribution in [2.24, 2.45) is 22.9 Å². The maximum Gasteiger partial charge on any atom is 0.251 e. The molecule has 9 heteroatoms. The van der Waals surface area contributed by atoms with Gasteiger partial charge in [-0.3, -0.25) is 14.9 Å². The summed E-state index contributed by atoms with van der Waals surface area (Å²) in [4.78, 5) is 29.5. The van der Waals surface area contributed by atoms with Crippen molar-refractivity contribution in [3.63, 3.8) is 0 Å². The molecular formula is C37H44ClN5O3. The predicted molar refractivity (Wildman–Crippen MR) is 179 cm³/mol. The Labute approximate surface area is 276 Å². The fraction of sp³-hybridized carbons (Fsp3) is 0.459. The molecule has 2 amide bonds. The van der Waals surface area contributed by atoms with Gasteiger partial charge in [0, 0.05) is 12.1 Å². The van der Waals surface area contributed by atoms with Crippen LogP contribution in [0.5, 0.6) is 5.75 Å². The van der Waals surface area contributed by atoms with Crippen molar-refractivity contribution in [2.75, 3.05) is 13.1 Å². The van der Waals surface area contributed by atoms with E-state index in [1.165, 1.54) is 0 Å². The maximum absolute atomic E-state index is 14.7. The molecule has 3 fully saturated rings. The third-order valence-corrected chi connectivity index (χ3v) is 10.4. The first-order valence-electron chi connectivity index (χ1n) is 16.6. The average molecular weight is 642 g/mol. The van der Waals surface area contributed by atoms with Crippen LogP contribution in [0.2, 0.25) is 5.02 Å². The van der Waals surface area contributed by atoms with Crippen molar-refractivity contribution in [1.29, 1.82) is 5.53 Å². The Morgan fingerprint density at radius 3 is 2.39 bits per heavy atom. The van der Waals surface area contributed by atoms with Crippen molar-refractivity contribution >= 4 is 23.4 Å². The van der Waals surface area contributed by atoms with E-state index in [9.17, 15) is 9.59 Å². The van der Waals surface area contributed by atoms with Crippen LogP contribution in [-0.2, 0) is 11.4 Å². The zero-order chi connectivity index (χ0) is 32.3. The second-order valence-corrected chi connectivity index (χ2v) is 13.8. The molecule has 46 heavy (non-hydrogen) atoms. The van der Waals surface area contributed by atoms with Crippen LogP contribution >= 0.6 is 11.6 Å². The Morgan fingerprint density at radius 1 is 1.04 bits per heavy atom. The number of carbonyl (C=O) groups excluding carboxylic acids is 2. The second-order valence-electron chi connectivity index (χ2n) is 13.4. The fourth-order valence-corrected chi connectivity index (χ4v) is 7.54. The molecule has 2 aliphatic carbocycles. The zero-order valence-electron chi connectivity index (χ0n) is 26.7. The summed E-state index contributed by atoms with van der Waals surface area (Å²) in [7, 11) is 0. The summed E-state index contributed by atoms with van der Waals surface area (Å²) in [5.74, 6) is 2.11. The molecule has 1 saturated heterocycles. The number of benzene rings is 3.